The van der Waals surface area contributed by atoms with Crippen molar-refractivity contribution >= 4 is 16.9 Å². The number of nitrogens with zero attached hydrogens (tertiary/aromatic N) is 5. The van der Waals surface area contributed by atoms with Gasteiger partial charge in [-0.2, -0.15) is 5.10 Å². The SMILES string of the molecule is Nc1ncncc1-c1ccnc2c1cnn2-c1ccc(F)cc1F. The van der Waals surface area contributed by atoms with Crippen molar-refractivity contribution in [1.82, 2.24) is 24.7 Å². The number of halogens is 2. The molecule has 24 heavy (non-hydrogen) atoms. The topological polar surface area (TPSA) is 82.5 Å². The number of anilines is 1. The highest BCUT2D eigenvalue weighted by Gasteiger charge is 2.15. The number of pyridine rings is 1. The maximum Gasteiger partial charge on any atom is 0.163 e. The summed E-state index contributed by atoms with van der Waals surface area (Å²) in [5, 5.41) is 4.84. The monoisotopic (exact) mass is 324 g/mol. The maximum absolute atomic E-state index is 14.1. The van der Waals surface area contributed by atoms with Crippen LogP contribution in [0.4, 0.5) is 14.6 Å². The third-order valence-corrected chi connectivity index (χ3v) is 3.64. The predicted molar refractivity (Wildman–Crippen MR) is 84.2 cm³/mol. The van der Waals surface area contributed by atoms with Gasteiger partial charge in [0.1, 0.15) is 23.6 Å². The van der Waals surface area contributed by atoms with E-state index in [2.05, 4.69) is 20.1 Å². The van der Waals surface area contributed by atoms with Gasteiger partial charge in [-0.1, -0.05) is 0 Å². The summed E-state index contributed by atoms with van der Waals surface area (Å²) < 4.78 is 28.5. The van der Waals surface area contributed by atoms with Crippen LogP contribution in [0.1, 0.15) is 0 Å². The standard InChI is InChI=1S/C16H10F2N6/c17-9-1-2-14(13(18)5-9)24-16-12(7-23-24)10(3-4-21-16)11-6-20-8-22-15(11)19/h1-8H,(H2,19,20,22). The van der Waals surface area contributed by atoms with Crippen molar-refractivity contribution in [3.05, 3.63) is 60.8 Å². The number of nitrogens with two attached hydrogens (primary N) is 1. The summed E-state index contributed by atoms with van der Waals surface area (Å²) in [4.78, 5) is 12.2. The number of hydrogen-bond acceptors (Lipinski definition) is 5. The Kier molecular flexibility index (Phi) is 3.16. The molecule has 3 heterocycles. The van der Waals surface area contributed by atoms with Gasteiger partial charge in [-0.05, 0) is 18.2 Å². The molecule has 1 aromatic carbocycles. The molecule has 0 fully saturated rings. The highest BCUT2D eigenvalue weighted by molar-refractivity contribution is 5.95. The van der Waals surface area contributed by atoms with Gasteiger partial charge >= 0.3 is 0 Å². The van der Waals surface area contributed by atoms with Gasteiger partial charge in [-0.15, -0.1) is 0 Å². The van der Waals surface area contributed by atoms with Gasteiger partial charge in [0.25, 0.3) is 0 Å². The number of rotatable bonds is 2. The van der Waals surface area contributed by atoms with Crippen LogP contribution in [0.5, 0.6) is 0 Å². The Hall–Kier alpha value is -3.42. The Morgan fingerprint density at radius 2 is 1.88 bits per heavy atom. The van der Waals surface area contributed by atoms with Crippen molar-refractivity contribution < 1.29 is 8.78 Å². The molecule has 0 amide bonds. The molecule has 0 unspecified atom stereocenters. The second-order valence-corrected chi connectivity index (χ2v) is 5.07. The summed E-state index contributed by atoms with van der Waals surface area (Å²) in [6, 6.07) is 5.03. The van der Waals surface area contributed by atoms with Gasteiger partial charge in [0.15, 0.2) is 11.5 Å². The quantitative estimate of drug-likeness (QED) is 0.613. The highest BCUT2D eigenvalue weighted by atomic mass is 19.1. The lowest BCUT2D eigenvalue weighted by atomic mass is 10.1. The Morgan fingerprint density at radius 3 is 2.67 bits per heavy atom. The Labute approximate surface area is 134 Å². The summed E-state index contributed by atoms with van der Waals surface area (Å²) >= 11 is 0. The van der Waals surface area contributed by atoms with E-state index < -0.39 is 11.6 Å². The number of hydrogen-bond donors (Lipinski definition) is 1. The van der Waals surface area contributed by atoms with E-state index in [0.717, 1.165) is 11.6 Å². The molecule has 4 rings (SSSR count). The first kappa shape index (κ1) is 14.2. The third kappa shape index (κ3) is 2.16. The van der Waals surface area contributed by atoms with Gasteiger partial charge in [-0.3, -0.25) is 0 Å². The van der Waals surface area contributed by atoms with Crippen LogP contribution < -0.4 is 5.73 Å². The zero-order valence-electron chi connectivity index (χ0n) is 12.2. The van der Waals surface area contributed by atoms with Crippen molar-refractivity contribution in [2.75, 3.05) is 5.73 Å². The Bertz CT molecular complexity index is 1060. The lowest BCUT2D eigenvalue weighted by Gasteiger charge is -2.07. The first-order valence-electron chi connectivity index (χ1n) is 6.99. The molecule has 0 aliphatic carbocycles. The minimum Gasteiger partial charge on any atom is -0.383 e. The molecule has 118 valence electrons. The molecular formula is C16H10F2N6. The number of nitrogen functional groups attached to an aromatic ring is 1. The van der Waals surface area contributed by atoms with Gasteiger partial charge < -0.3 is 5.73 Å². The van der Waals surface area contributed by atoms with E-state index in [1.807, 2.05) is 0 Å². The van der Waals surface area contributed by atoms with Crippen molar-refractivity contribution in [2.45, 2.75) is 0 Å². The highest BCUT2D eigenvalue weighted by Crippen LogP contribution is 2.30. The van der Waals surface area contributed by atoms with E-state index in [1.165, 1.54) is 23.1 Å². The lowest BCUT2D eigenvalue weighted by Crippen LogP contribution is -2.01. The molecule has 2 N–H and O–H groups in total. The van der Waals surface area contributed by atoms with E-state index in [1.54, 1.807) is 24.7 Å². The molecule has 4 aromatic rings. The van der Waals surface area contributed by atoms with Gasteiger partial charge in [0.2, 0.25) is 0 Å². The number of aromatic nitrogens is 5. The van der Waals surface area contributed by atoms with E-state index in [4.69, 9.17) is 5.73 Å². The first-order valence-corrected chi connectivity index (χ1v) is 6.99. The molecule has 0 saturated carbocycles. The average Bonchev–Trinajstić information content (AvgIpc) is 2.99. The first-order chi connectivity index (χ1) is 11.6. The smallest absolute Gasteiger partial charge is 0.163 e. The van der Waals surface area contributed by atoms with Crippen LogP contribution in [0.2, 0.25) is 0 Å². The fraction of sp³-hybridized carbons (Fsp3) is 0. The average molecular weight is 324 g/mol. The van der Waals surface area contributed by atoms with Crippen molar-refractivity contribution in [3.8, 4) is 16.8 Å². The lowest BCUT2D eigenvalue weighted by molar-refractivity contribution is 0.574. The van der Waals surface area contributed by atoms with Gasteiger partial charge in [-0.25, -0.2) is 28.4 Å². The van der Waals surface area contributed by atoms with E-state index >= 15 is 0 Å². The predicted octanol–water partition coefficient (Wildman–Crippen LogP) is 2.74. The summed E-state index contributed by atoms with van der Waals surface area (Å²) in [5.41, 5.74) is 7.78. The molecule has 8 heteroatoms. The third-order valence-electron chi connectivity index (χ3n) is 3.64. The largest absolute Gasteiger partial charge is 0.383 e. The second-order valence-electron chi connectivity index (χ2n) is 5.07. The van der Waals surface area contributed by atoms with Crippen molar-refractivity contribution in [2.24, 2.45) is 0 Å². The summed E-state index contributed by atoms with van der Waals surface area (Å²) in [7, 11) is 0. The van der Waals surface area contributed by atoms with Crippen LogP contribution in [0, 0.1) is 11.6 Å². The zero-order chi connectivity index (χ0) is 16.7. The Balaban J connectivity index is 1.96. The molecule has 0 bridgehead atoms. The molecule has 3 aromatic heterocycles. The molecule has 0 spiro atoms. The van der Waals surface area contributed by atoms with Crippen molar-refractivity contribution in [1.29, 1.82) is 0 Å². The Morgan fingerprint density at radius 1 is 1.00 bits per heavy atom. The van der Waals surface area contributed by atoms with Crippen LogP contribution in [-0.4, -0.2) is 24.7 Å². The van der Waals surface area contributed by atoms with Crippen LogP contribution in [0.3, 0.4) is 0 Å². The molecule has 0 aliphatic heterocycles. The minimum atomic E-state index is -0.727. The molecule has 6 nitrogen and oxygen atoms in total. The van der Waals surface area contributed by atoms with E-state index in [-0.39, 0.29) is 5.69 Å². The summed E-state index contributed by atoms with van der Waals surface area (Å²) in [6.45, 7) is 0. The molecular weight excluding hydrogens is 314 g/mol. The fourth-order valence-electron chi connectivity index (χ4n) is 2.54. The minimum absolute atomic E-state index is 0.105. The van der Waals surface area contributed by atoms with Crippen LogP contribution >= 0.6 is 0 Å². The molecule has 0 atom stereocenters. The summed E-state index contributed by atoms with van der Waals surface area (Å²) in [5.74, 6) is -1.07. The van der Waals surface area contributed by atoms with Crippen LogP contribution in [-0.2, 0) is 0 Å². The van der Waals surface area contributed by atoms with Gasteiger partial charge in [0, 0.05) is 35.0 Å². The van der Waals surface area contributed by atoms with Gasteiger partial charge in [0.05, 0.1) is 6.20 Å². The number of fused-ring (bicyclic) bond motifs is 1. The summed E-state index contributed by atoms with van der Waals surface area (Å²) in [6.07, 6.45) is 6.05. The fourth-order valence-corrected chi connectivity index (χ4v) is 2.54. The van der Waals surface area contributed by atoms with Crippen molar-refractivity contribution in [3.63, 3.8) is 0 Å². The van der Waals surface area contributed by atoms with E-state index in [0.29, 0.717) is 22.4 Å². The van der Waals surface area contributed by atoms with E-state index in [9.17, 15) is 8.78 Å². The van der Waals surface area contributed by atoms with Crippen LogP contribution in [0.25, 0.3) is 27.8 Å². The normalized spacial score (nSPS) is 11.1. The molecule has 0 aliphatic rings. The number of benzene rings is 1. The zero-order valence-corrected chi connectivity index (χ0v) is 12.2. The molecule has 0 saturated heterocycles. The maximum atomic E-state index is 14.1. The van der Waals surface area contributed by atoms with Crippen LogP contribution in [0.15, 0.2) is 49.2 Å². The molecule has 0 radical (unpaired) electrons. The second kappa shape index (κ2) is 5.34.